The fraction of sp³-hybridized carbons (Fsp3) is 0.684. The SMILES string of the molecule is CCCCn1c(=O)[nH]c(=O)c2c1nc(CCC(=O)OCCOC)n2CC(C)C. The van der Waals surface area contributed by atoms with E-state index >= 15 is 0 Å². The van der Waals surface area contributed by atoms with Crippen LogP contribution in [-0.4, -0.2) is 45.4 Å². The van der Waals surface area contributed by atoms with Gasteiger partial charge < -0.3 is 14.0 Å². The fourth-order valence-electron chi connectivity index (χ4n) is 3.02. The maximum absolute atomic E-state index is 12.5. The molecule has 0 saturated carbocycles. The van der Waals surface area contributed by atoms with Gasteiger partial charge in [-0.3, -0.25) is 19.1 Å². The Labute approximate surface area is 163 Å². The maximum atomic E-state index is 12.5. The zero-order valence-corrected chi connectivity index (χ0v) is 17.1. The fourth-order valence-corrected chi connectivity index (χ4v) is 3.02. The molecule has 0 aliphatic carbocycles. The van der Waals surface area contributed by atoms with E-state index in [1.807, 2.05) is 25.3 Å². The summed E-state index contributed by atoms with van der Waals surface area (Å²) in [5.74, 6) is 0.520. The van der Waals surface area contributed by atoms with Gasteiger partial charge in [0, 0.05) is 26.6 Å². The molecular formula is C19H30N4O5. The standard InChI is InChI=1S/C19H30N4O5/c1-5-6-9-22-17-16(18(25)21-19(22)26)23(12-13(2)3)14(20-17)7-8-15(24)28-11-10-27-4/h13H,5-12H2,1-4H3,(H,21,25,26). The molecule has 156 valence electrons. The van der Waals surface area contributed by atoms with Gasteiger partial charge in [0.1, 0.15) is 12.4 Å². The Bertz CT molecular complexity index is 909. The van der Waals surface area contributed by atoms with Crippen LogP contribution in [-0.2, 0) is 33.8 Å². The summed E-state index contributed by atoms with van der Waals surface area (Å²) >= 11 is 0. The van der Waals surface area contributed by atoms with Crippen LogP contribution in [0.1, 0.15) is 45.9 Å². The van der Waals surface area contributed by atoms with Crippen molar-refractivity contribution in [1.82, 2.24) is 19.1 Å². The molecule has 1 N–H and O–H groups in total. The van der Waals surface area contributed by atoms with E-state index in [-0.39, 0.29) is 24.9 Å². The predicted octanol–water partition coefficient (Wildman–Crippen LogP) is 1.46. The Kier molecular flexibility index (Phi) is 7.98. The number of ether oxygens (including phenoxy) is 2. The molecule has 0 aliphatic rings. The van der Waals surface area contributed by atoms with E-state index < -0.39 is 11.2 Å². The van der Waals surface area contributed by atoms with Gasteiger partial charge >= 0.3 is 11.7 Å². The second-order valence-corrected chi connectivity index (χ2v) is 7.18. The van der Waals surface area contributed by atoms with E-state index in [4.69, 9.17) is 9.47 Å². The molecule has 0 saturated heterocycles. The van der Waals surface area contributed by atoms with Crippen LogP contribution >= 0.6 is 0 Å². The molecule has 9 heteroatoms. The lowest BCUT2D eigenvalue weighted by Crippen LogP contribution is -2.31. The smallest absolute Gasteiger partial charge is 0.330 e. The Balaban J connectivity index is 2.41. The minimum absolute atomic E-state index is 0.141. The Morgan fingerprint density at radius 3 is 2.61 bits per heavy atom. The number of unbranched alkanes of at least 4 members (excludes halogenated alkanes) is 1. The molecule has 0 aliphatic heterocycles. The number of methoxy groups -OCH3 is 1. The number of aryl methyl sites for hydroxylation is 2. The number of carbonyl (C=O) groups excluding carboxylic acids is 1. The monoisotopic (exact) mass is 394 g/mol. The molecule has 0 fully saturated rings. The number of nitrogens with zero attached hydrogens (tertiary/aromatic N) is 3. The van der Waals surface area contributed by atoms with Crippen LogP contribution in [0.15, 0.2) is 9.59 Å². The van der Waals surface area contributed by atoms with Crippen molar-refractivity contribution in [3.8, 4) is 0 Å². The molecule has 0 bridgehead atoms. The van der Waals surface area contributed by atoms with Gasteiger partial charge in [-0.25, -0.2) is 9.78 Å². The molecule has 0 atom stereocenters. The molecule has 9 nitrogen and oxygen atoms in total. The Hall–Kier alpha value is -2.42. The number of esters is 1. The summed E-state index contributed by atoms with van der Waals surface area (Å²) in [6.07, 6.45) is 2.19. The number of hydrogen-bond donors (Lipinski definition) is 1. The number of hydrogen-bond acceptors (Lipinski definition) is 6. The number of fused-ring (bicyclic) bond motifs is 1. The lowest BCUT2D eigenvalue weighted by molar-refractivity contribution is -0.144. The first-order chi connectivity index (χ1) is 13.4. The summed E-state index contributed by atoms with van der Waals surface area (Å²) in [6.45, 7) is 7.71. The highest BCUT2D eigenvalue weighted by Gasteiger charge is 2.20. The van der Waals surface area contributed by atoms with E-state index in [9.17, 15) is 14.4 Å². The molecule has 0 aromatic carbocycles. The molecule has 2 rings (SSSR count). The number of imidazole rings is 1. The highest BCUT2D eigenvalue weighted by Crippen LogP contribution is 2.16. The molecule has 0 spiro atoms. The van der Waals surface area contributed by atoms with Crippen LogP contribution in [0.2, 0.25) is 0 Å². The average Bonchev–Trinajstić information content (AvgIpc) is 2.98. The van der Waals surface area contributed by atoms with Gasteiger partial charge in [-0.2, -0.15) is 0 Å². The molecular weight excluding hydrogens is 364 g/mol. The lowest BCUT2D eigenvalue weighted by atomic mass is 10.2. The molecule has 2 aromatic rings. The average molecular weight is 394 g/mol. The van der Waals surface area contributed by atoms with Crippen molar-refractivity contribution < 1.29 is 14.3 Å². The van der Waals surface area contributed by atoms with Gasteiger partial charge in [-0.15, -0.1) is 0 Å². The number of aromatic amines is 1. The molecule has 28 heavy (non-hydrogen) atoms. The van der Waals surface area contributed by atoms with Crippen molar-refractivity contribution in [2.75, 3.05) is 20.3 Å². The number of rotatable bonds is 11. The Morgan fingerprint density at radius 1 is 1.21 bits per heavy atom. The quantitative estimate of drug-likeness (QED) is 0.457. The van der Waals surface area contributed by atoms with E-state index in [1.165, 1.54) is 11.7 Å². The van der Waals surface area contributed by atoms with E-state index in [0.717, 1.165) is 12.8 Å². The minimum Gasteiger partial charge on any atom is -0.463 e. The van der Waals surface area contributed by atoms with Crippen LogP contribution in [0.5, 0.6) is 0 Å². The molecule has 2 heterocycles. The number of H-pyrrole nitrogens is 1. The summed E-state index contributed by atoms with van der Waals surface area (Å²) in [4.78, 5) is 43.7. The van der Waals surface area contributed by atoms with Crippen LogP contribution in [0.3, 0.4) is 0 Å². The first-order valence-corrected chi connectivity index (χ1v) is 9.75. The molecule has 2 aromatic heterocycles. The van der Waals surface area contributed by atoms with Gasteiger partial charge in [-0.05, 0) is 12.3 Å². The number of nitrogens with one attached hydrogen (secondary N) is 1. The largest absolute Gasteiger partial charge is 0.463 e. The highest BCUT2D eigenvalue weighted by atomic mass is 16.6. The Morgan fingerprint density at radius 2 is 1.96 bits per heavy atom. The highest BCUT2D eigenvalue weighted by molar-refractivity contribution is 5.72. The number of aromatic nitrogens is 4. The molecule has 0 radical (unpaired) electrons. The van der Waals surface area contributed by atoms with Crippen molar-refractivity contribution in [1.29, 1.82) is 0 Å². The predicted molar refractivity (Wildman–Crippen MR) is 106 cm³/mol. The third-order valence-electron chi connectivity index (χ3n) is 4.35. The summed E-state index contributed by atoms with van der Waals surface area (Å²) in [6, 6.07) is 0. The second-order valence-electron chi connectivity index (χ2n) is 7.18. The summed E-state index contributed by atoms with van der Waals surface area (Å²) < 4.78 is 13.3. The summed E-state index contributed by atoms with van der Waals surface area (Å²) in [5, 5.41) is 0. The van der Waals surface area contributed by atoms with Gasteiger partial charge in [0.15, 0.2) is 11.2 Å². The topological polar surface area (TPSA) is 108 Å². The van der Waals surface area contributed by atoms with E-state index in [2.05, 4.69) is 9.97 Å². The van der Waals surface area contributed by atoms with Crippen LogP contribution in [0, 0.1) is 5.92 Å². The van der Waals surface area contributed by atoms with Gasteiger partial charge in [0.25, 0.3) is 5.56 Å². The molecule has 0 unspecified atom stereocenters. The van der Waals surface area contributed by atoms with Gasteiger partial charge in [0.05, 0.1) is 13.0 Å². The maximum Gasteiger partial charge on any atom is 0.330 e. The first kappa shape index (κ1) is 21.9. The third kappa shape index (κ3) is 5.31. The van der Waals surface area contributed by atoms with Crippen LogP contribution < -0.4 is 11.2 Å². The van der Waals surface area contributed by atoms with Crippen LogP contribution in [0.25, 0.3) is 11.2 Å². The van der Waals surface area contributed by atoms with Crippen molar-refractivity contribution in [3.63, 3.8) is 0 Å². The van der Waals surface area contributed by atoms with Gasteiger partial charge in [0.2, 0.25) is 0 Å². The third-order valence-corrected chi connectivity index (χ3v) is 4.35. The zero-order valence-electron chi connectivity index (χ0n) is 17.1. The van der Waals surface area contributed by atoms with Crippen molar-refractivity contribution >= 4 is 17.1 Å². The van der Waals surface area contributed by atoms with Crippen LogP contribution in [0.4, 0.5) is 0 Å². The lowest BCUT2D eigenvalue weighted by Gasteiger charge is -2.11. The summed E-state index contributed by atoms with van der Waals surface area (Å²) in [7, 11) is 1.54. The molecule has 0 amide bonds. The normalized spacial score (nSPS) is 11.5. The first-order valence-electron chi connectivity index (χ1n) is 9.75. The van der Waals surface area contributed by atoms with Crippen molar-refractivity contribution in [2.45, 2.75) is 59.5 Å². The van der Waals surface area contributed by atoms with E-state index in [1.54, 1.807) is 0 Å². The van der Waals surface area contributed by atoms with E-state index in [0.29, 0.717) is 43.1 Å². The second kappa shape index (κ2) is 10.2. The zero-order chi connectivity index (χ0) is 20.7. The van der Waals surface area contributed by atoms with Crippen molar-refractivity contribution in [2.24, 2.45) is 5.92 Å². The summed E-state index contributed by atoms with van der Waals surface area (Å²) in [5.41, 5.74) is -0.141. The number of carbonyl (C=O) groups is 1. The minimum atomic E-state index is -0.453. The van der Waals surface area contributed by atoms with Crippen molar-refractivity contribution in [3.05, 3.63) is 26.7 Å². The van der Waals surface area contributed by atoms with Gasteiger partial charge in [-0.1, -0.05) is 27.2 Å².